The summed E-state index contributed by atoms with van der Waals surface area (Å²) in [5, 5.41) is 8.31. The number of hydrogen-bond acceptors (Lipinski definition) is 5. The number of nitrogens with zero attached hydrogens (tertiary/aromatic N) is 3. The molecule has 58 heavy (non-hydrogen) atoms. The molecule has 4 aromatic heterocycles. The zero-order valence-electron chi connectivity index (χ0n) is 31.1. The van der Waals surface area contributed by atoms with Crippen LogP contribution in [0.25, 0.3) is 120 Å². The standard InChI is InChI=1S/C53H31N3OS/c1-3-13-34(14-4-1)51-42-30-41(52-50(40-19-9-12-22-48(40)58-52)49(42)39-18-7-10-20-43(39)54-51)32-23-25-33(26-24-32)44-31-45(56-53(55-44)35-15-5-2-6-16-35)36-27-28-38-37-17-8-11-21-46(37)57-47(38)29-36/h1-31H. The van der Waals surface area contributed by atoms with Crippen molar-refractivity contribution in [2.75, 3.05) is 0 Å². The van der Waals surface area contributed by atoms with Crippen LogP contribution in [0.5, 0.6) is 0 Å². The molecule has 5 heteroatoms. The summed E-state index contributed by atoms with van der Waals surface area (Å²) in [6.45, 7) is 0. The first-order valence-corrected chi connectivity index (χ1v) is 20.2. The van der Waals surface area contributed by atoms with Crippen molar-refractivity contribution in [2.45, 2.75) is 0 Å². The minimum atomic E-state index is 0.677. The Morgan fingerprint density at radius 3 is 1.81 bits per heavy atom. The zero-order valence-corrected chi connectivity index (χ0v) is 31.9. The first kappa shape index (κ1) is 32.7. The van der Waals surface area contributed by atoms with Crippen molar-refractivity contribution >= 4 is 75.1 Å². The van der Waals surface area contributed by atoms with Crippen LogP contribution in [0.15, 0.2) is 192 Å². The van der Waals surface area contributed by atoms with Gasteiger partial charge in [0.2, 0.25) is 0 Å². The Labute approximate surface area is 337 Å². The van der Waals surface area contributed by atoms with Crippen LogP contribution in [0.4, 0.5) is 0 Å². The molecule has 0 amide bonds. The Morgan fingerprint density at radius 1 is 0.379 bits per heavy atom. The van der Waals surface area contributed by atoms with E-state index in [0.29, 0.717) is 5.82 Å². The molecule has 4 heterocycles. The highest BCUT2D eigenvalue weighted by Gasteiger charge is 2.21. The molecule has 8 aromatic carbocycles. The number of thiophene rings is 1. The molecule has 12 aromatic rings. The molecule has 0 saturated carbocycles. The second-order valence-electron chi connectivity index (χ2n) is 14.7. The predicted octanol–water partition coefficient (Wildman–Crippen LogP) is 14.8. The summed E-state index contributed by atoms with van der Waals surface area (Å²) < 4.78 is 8.83. The van der Waals surface area contributed by atoms with Gasteiger partial charge >= 0.3 is 0 Å². The van der Waals surface area contributed by atoms with Gasteiger partial charge in [-0.3, -0.25) is 0 Å². The number of aromatic nitrogens is 3. The lowest BCUT2D eigenvalue weighted by atomic mass is 9.92. The monoisotopic (exact) mass is 757 g/mol. The predicted molar refractivity (Wildman–Crippen MR) is 242 cm³/mol. The van der Waals surface area contributed by atoms with Gasteiger partial charge in [0.1, 0.15) is 11.2 Å². The van der Waals surface area contributed by atoms with Crippen LogP contribution in [0.2, 0.25) is 0 Å². The molecular weight excluding hydrogens is 727 g/mol. The number of benzene rings is 8. The third-order valence-corrected chi connectivity index (χ3v) is 12.5. The van der Waals surface area contributed by atoms with Gasteiger partial charge in [-0.1, -0.05) is 146 Å². The van der Waals surface area contributed by atoms with Crippen LogP contribution in [-0.4, -0.2) is 15.0 Å². The van der Waals surface area contributed by atoms with Crippen molar-refractivity contribution in [3.05, 3.63) is 188 Å². The van der Waals surface area contributed by atoms with Crippen LogP contribution in [0.3, 0.4) is 0 Å². The SMILES string of the molecule is c1ccc(-c2nc(-c3ccc(-c4cc5c(-c6ccccc6)nc6ccccc6c5c5c4sc4ccccc45)cc3)cc(-c3ccc4c(c3)oc3ccccc34)n2)cc1. The lowest BCUT2D eigenvalue weighted by molar-refractivity contribution is 0.669. The highest BCUT2D eigenvalue weighted by atomic mass is 32.1. The fraction of sp³-hybridized carbons (Fsp3) is 0. The second-order valence-corrected chi connectivity index (χ2v) is 15.8. The first-order valence-electron chi connectivity index (χ1n) is 19.4. The molecule has 0 fully saturated rings. The summed E-state index contributed by atoms with van der Waals surface area (Å²) in [7, 11) is 0. The van der Waals surface area contributed by atoms with Gasteiger partial charge in [0.15, 0.2) is 5.82 Å². The summed E-state index contributed by atoms with van der Waals surface area (Å²) in [5.41, 5.74) is 11.8. The lowest BCUT2D eigenvalue weighted by Gasteiger charge is -2.15. The van der Waals surface area contributed by atoms with Gasteiger partial charge < -0.3 is 4.42 Å². The summed E-state index contributed by atoms with van der Waals surface area (Å²) in [5.74, 6) is 0.677. The normalized spacial score (nSPS) is 11.8. The maximum absolute atomic E-state index is 6.28. The van der Waals surface area contributed by atoms with Gasteiger partial charge in [-0.25, -0.2) is 15.0 Å². The average Bonchev–Trinajstić information content (AvgIpc) is 3.87. The van der Waals surface area contributed by atoms with Crippen molar-refractivity contribution < 1.29 is 4.42 Å². The molecule has 0 spiro atoms. The van der Waals surface area contributed by atoms with Gasteiger partial charge in [-0.15, -0.1) is 11.3 Å². The van der Waals surface area contributed by atoms with E-state index in [9.17, 15) is 0 Å². The van der Waals surface area contributed by atoms with E-state index in [1.807, 2.05) is 47.7 Å². The van der Waals surface area contributed by atoms with E-state index in [-0.39, 0.29) is 0 Å². The minimum Gasteiger partial charge on any atom is -0.456 e. The second kappa shape index (κ2) is 13.1. The van der Waals surface area contributed by atoms with Crippen molar-refractivity contribution in [1.29, 1.82) is 0 Å². The Hall–Kier alpha value is -7.47. The molecule has 0 radical (unpaired) electrons. The van der Waals surface area contributed by atoms with Gasteiger partial charge in [-0.2, -0.15) is 0 Å². The summed E-state index contributed by atoms with van der Waals surface area (Å²) in [6, 6.07) is 66.0. The van der Waals surface area contributed by atoms with Crippen molar-refractivity contribution in [3.63, 3.8) is 0 Å². The topological polar surface area (TPSA) is 51.8 Å². The maximum atomic E-state index is 6.28. The molecule has 4 nitrogen and oxygen atoms in total. The summed E-state index contributed by atoms with van der Waals surface area (Å²) in [6.07, 6.45) is 0. The lowest BCUT2D eigenvalue weighted by Crippen LogP contribution is -1.96. The van der Waals surface area contributed by atoms with Gasteiger partial charge in [-0.05, 0) is 48.0 Å². The number of furan rings is 1. The fourth-order valence-corrected chi connectivity index (χ4v) is 9.77. The van der Waals surface area contributed by atoms with Crippen LogP contribution in [0, 0.1) is 0 Å². The Bertz CT molecular complexity index is 3550. The number of fused-ring (bicyclic) bond motifs is 10. The van der Waals surface area contributed by atoms with E-state index in [0.717, 1.165) is 77.7 Å². The van der Waals surface area contributed by atoms with E-state index in [1.54, 1.807) is 0 Å². The van der Waals surface area contributed by atoms with Crippen molar-refractivity contribution in [3.8, 4) is 56.3 Å². The fourth-order valence-electron chi connectivity index (χ4n) is 8.53. The quantitative estimate of drug-likeness (QED) is 0.164. The van der Waals surface area contributed by atoms with Gasteiger partial charge in [0.25, 0.3) is 0 Å². The maximum Gasteiger partial charge on any atom is 0.160 e. The van der Waals surface area contributed by atoms with Crippen LogP contribution >= 0.6 is 11.3 Å². The van der Waals surface area contributed by atoms with E-state index in [1.165, 1.54) is 36.5 Å². The first-order chi connectivity index (χ1) is 28.7. The Kier molecular flexibility index (Phi) is 7.37. The molecule has 12 rings (SSSR count). The molecule has 0 aliphatic rings. The number of para-hydroxylation sites is 2. The van der Waals surface area contributed by atoms with E-state index < -0.39 is 0 Å². The highest BCUT2D eigenvalue weighted by Crippen LogP contribution is 2.48. The van der Waals surface area contributed by atoms with Crippen molar-refractivity contribution in [2.24, 2.45) is 0 Å². The summed E-state index contributed by atoms with van der Waals surface area (Å²) in [4.78, 5) is 15.6. The Balaban J connectivity index is 1.05. The van der Waals surface area contributed by atoms with Gasteiger partial charge in [0.05, 0.1) is 22.6 Å². The van der Waals surface area contributed by atoms with E-state index >= 15 is 0 Å². The number of pyridine rings is 1. The van der Waals surface area contributed by atoms with Crippen LogP contribution < -0.4 is 0 Å². The van der Waals surface area contributed by atoms with E-state index in [2.05, 4.69) is 152 Å². The van der Waals surface area contributed by atoms with E-state index in [4.69, 9.17) is 19.4 Å². The molecule has 0 aliphatic carbocycles. The molecule has 0 aliphatic heterocycles. The molecule has 0 atom stereocenters. The average molecular weight is 758 g/mol. The molecular formula is C53H31N3OS. The highest BCUT2D eigenvalue weighted by molar-refractivity contribution is 7.26. The van der Waals surface area contributed by atoms with Crippen LogP contribution in [-0.2, 0) is 0 Å². The molecule has 0 saturated heterocycles. The molecule has 270 valence electrons. The minimum absolute atomic E-state index is 0.677. The largest absolute Gasteiger partial charge is 0.456 e. The number of hydrogen-bond donors (Lipinski definition) is 0. The molecule has 0 bridgehead atoms. The van der Waals surface area contributed by atoms with Crippen LogP contribution in [0.1, 0.15) is 0 Å². The number of rotatable bonds is 5. The smallest absolute Gasteiger partial charge is 0.160 e. The molecule has 0 N–H and O–H groups in total. The van der Waals surface area contributed by atoms with Crippen molar-refractivity contribution in [1.82, 2.24) is 15.0 Å². The zero-order chi connectivity index (χ0) is 38.2. The third-order valence-electron chi connectivity index (χ3n) is 11.3. The molecule has 0 unspecified atom stereocenters. The van der Waals surface area contributed by atoms with Gasteiger partial charge in [0, 0.05) is 74.9 Å². The third kappa shape index (κ3) is 5.25. The summed E-state index contributed by atoms with van der Waals surface area (Å²) >= 11 is 1.86. The Morgan fingerprint density at radius 2 is 1.00 bits per heavy atom.